The number of hydrogen-bond donors (Lipinski definition) is 2. The van der Waals surface area contributed by atoms with Gasteiger partial charge in [0.2, 0.25) is 5.91 Å². The van der Waals surface area contributed by atoms with Crippen molar-refractivity contribution in [2.45, 2.75) is 19.3 Å². The summed E-state index contributed by atoms with van der Waals surface area (Å²) >= 11 is 0. The van der Waals surface area contributed by atoms with E-state index in [1.54, 1.807) is 0 Å². The predicted octanol–water partition coefficient (Wildman–Crippen LogP) is -0.453. The molecule has 0 aromatic carbocycles. The molecule has 1 aliphatic heterocycles. The number of nitrogens with zero attached hydrogens (tertiary/aromatic N) is 1. The van der Waals surface area contributed by atoms with Gasteiger partial charge in [-0.3, -0.25) is 4.79 Å². The van der Waals surface area contributed by atoms with Crippen molar-refractivity contribution in [3.63, 3.8) is 0 Å². The maximum Gasteiger partial charge on any atom is 0.218 e. The minimum atomic E-state index is -0.228. The lowest BCUT2D eigenvalue weighted by Crippen LogP contribution is -2.31. The Labute approximate surface area is 79.5 Å². The first kappa shape index (κ1) is 10.5. The summed E-state index contributed by atoms with van der Waals surface area (Å²) < 4.78 is 0. The van der Waals surface area contributed by atoms with Crippen LogP contribution in [0.25, 0.3) is 0 Å². The van der Waals surface area contributed by atoms with Crippen LogP contribution >= 0.6 is 0 Å². The molecule has 1 rings (SSSR count). The summed E-state index contributed by atoms with van der Waals surface area (Å²) in [6, 6.07) is 0. The Morgan fingerprint density at radius 3 is 2.62 bits per heavy atom. The summed E-state index contributed by atoms with van der Waals surface area (Å²) in [6.07, 6.45) is 3.11. The lowest BCUT2D eigenvalue weighted by molar-refractivity contribution is -0.117. The molecule has 0 aliphatic carbocycles. The lowest BCUT2D eigenvalue weighted by atomic mass is 10.4. The monoisotopic (exact) mass is 185 g/mol. The number of hydrogen-bond acceptors (Lipinski definition) is 3. The van der Waals surface area contributed by atoms with Crippen LogP contribution < -0.4 is 11.1 Å². The van der Waals surface area contributed by atoms with Crippen molar-refractivity contribution in [2.24, 2.45) is 5.73 Å². The number of carbonyl (C=O) groups is 1. The molecule has 76 valence electrons. The maximum absolute atomic E-state index is 10.4. The molecule has 0 aromatic rings. The number of amides is 1. The summed E-state index contributed by atoms with van der Waals surface area (Å²) in [5.41, 5.74) is 5.01. The molecule has 0 unspecified atom stereocenters. The van der Waals surface area contributed by atoms with Gasteiger partial charge in [-0.15, -0.1) is 0 Å². The average Bonchev–Trinajstić information content (AvgIpc) is 2.55. The molecule has 0 radical (unpaired) electrons. The second-order valence-corrected chi connectivity index (χ2v) is 3.52. The Morgan fingerprint density at radius 2 is 2.00 bits per heavy atom. The van der Waals surface area contributed by atoms with E-state index in [4.69, 9.17) is 5.73 Å². The van der Waals surface area contributed by atoms with E-state index < -0.39 is 0 Å². The van der Waals surface area contributed by atoms with Crippen molar-refractivity contribution in [1.29, 1.82) is 0 Å². The van der Waals surface area contributed by atoms with Crippen LogP contribution in [-0.4, -0.2) is 43.5 Å². The fourth-order valence-electron chi connectivity index (χ4n) is 1.58. The fraction of sp³-hybridized carbons (Fsp3) is 0.889. The van der Waals surface area contributed by atoms with E-state index in [1.165, 1.54) is 25.9 Å². The zero-order chi connectivity index (χ0) is 9.52. The van der Waals surface area contributed by atoms with Crippen molar-refractivity contribution in [3.8, 4) is 0 Å². The van der Waals surface area contributed by atoms with Gasteiger partial charge < -0.3 is 16.0 Å². The van der Waals surface area contributed by atoms with E-state index in [1.807, 2.05) is 0 Å². The molecule has 1 amide bonds. The smallest absolute Gasteiger partial charge is 0.218 e. The zero-order valence-electron chi connectivity index (χ0n) is 8.09. The van der Waals surface area contributed by atoms with Gasteiger partial charge in [0.1, 0.15) is 0 Å². The van der Waals surface area contributed by atoms with Gasteiger partial charge >= 0.3 is 0 Å². The highest BCUT2D eigenvalue weighted by atomic mass is 16.1. The van der Waals surface area contributed by atoms with Crippen LogP contribution in [0.1, 0.15) is 19.3 Å². The van der Waals surface area contributed by atoms with E-state index in [2.05, 4.69) is 10.2 Å². The largest absolute Gasteiger partial charge is 0.370 e. The standard InChI is InChI=1S/C9H19N3O/c10-9(13)3-4-11-5-8-12-6-1-2-7-12/h11H,1-8H2,(H2,10,13). The van der Waals surface area contributed by atoms with Crippen molar-refractivity contribution in [2.75, 3.05) is 32.7 Å². The highest BCUT2D eigenvalue weighted by Crippen LogP contribution is 2.05. The molecule has 0 spiro atoms. The van der Waals surface area contributed by atoms with Gasteiger partial charge in [0, 0.05) is 26.1 Å². The molecule has 1 fully saturated rings. The van der Waals surface area contributed by atoms with Gasteiger partial charge in [-0.1, -0.05) is 0 Å². The van der Waals surface area contributed by atoms with Crippen molar-refractivity contribution in [1.82, 2.24) is 10.2 Å². The minimum absolute atomic E-state index is 0.228. The Balaban J connectivity index is 1.86. The van der Waals surface area contributed by atoms with Crippen LogP contribution in [0, 0.1) is 0 Å². The minimum Gasteiger partial charge on any atom is -0.370 e. The molecule has 0 atom stereocenters. The molecule has 4 nitrogen and oxygen atoms in total. The van der Waals surface area contributed by atoms with Crippen molar-refractivity contribution in [3.05, 3.63) is 0 Å². The van der Waals surface area contributed by atoms with Crippen LogP contribution in [0.4, 0.5) is 0 Å². The Kier molecular flexibility index (Phi) is 4.78. The highest BCUT2D eigenvalue weighted by molar-refractivity contribution is 5.73. The zero-order valence-corrected chi connectivity index (χ0v) is 8.09. The summed E-state index contributed by atoms with van der Waals surface area (Å²) in [6.45, 7) is 5.24. The first-order chi connectivity index (χ1) is 6.29. The third kappa shape index (κ3) is 4.85. The molecule has 0 bridgehead atoms. The summed E-state index contributed by atoms with van der Waals surface area (Å²) in [5, 5.41) is 3.20. The summed E-state index contributed by atoms with van der Waals surface area (Å²) in [5.74, 6) is -0.228. The number of likely N-dealkylation sites (tertiary alicyclic amines) is 1. The maximum atomic E-state index is 10.4. The molecule has 0 saturated carbocycles. The van der Waals surface area contributed by atoms with E-state index in [9.17, 15) is 4.79 Å². The van der Waals surface area contributed by atoms with Gasteiger partial charge in [-0.05, 0) is 25.9 Å². The van der Waals surface area contributed by atoms with Crippen LogP contribution in [-0.2, 0) is 4.79 Å². The molecule has 4 heteroatoms. The van der Waals surface area contributed by atoms with Gasteiger partial charge in [0.05, 0.1) is 0 Å². The second-order valence-electron chi connectivity index (χ2n) is 3.52. The number of nitrogens with two attached hydrogens (primary N) is 1. The molecule has 1 heterocycles. The third-order valence-electron chi connectivity index (χ3n) is 2.35. The van der Waals surface area contributed by atoms with Crippen LogP contribution in [0.15, 0.2) is 0 Å². The van der Waals surface area contributed by atoms with Crippen LogP contribution in [0.3, 0.4) is 0 Å². The van der Waals surface area contributed by atoms with Crippen molar-refractivity contribution < 1.29 is 4.79 Å². The number of nitrogens with one attached hydrogen (secondary N) is 1. The van der Waals surface area contributed by atoms with Crippen LogP contribution in [0.2, 0.25) is 0 Å². The normalized spacial score (nSPS) is 17.8. The number of primary amides is 1. The lowest BCUT2D eigenvalue weighted by Gasteiger charge is -2.14. The molecule has 13 heavy (non-hydrogen) atoms. The quantitative estimate of drug-likeness (QED) is 0.551. The first-order valence-corrected chi connectivity index (χ1v) is 5.00. The SMILES string of the molecule is NC(=O)CCNCCN1CCCC1. The molecule has 0 aromatic heterocycles. The van der Waals surface area contributed by atoms with E-state index in [0.717, 1.165) is 13.1 Å². The van der Waals surface area contributed by atoms with Gasteiger partial charge in [0.15, 0.2) is 0 Å². The average molecular weight is 185 g/mol. The third-order valence-corrected chi connectivity index (χ3v) is 2.35. The van der Waals surface area contributed by atoms with E-state index >= 15 is 0 Å². The Morgan fingerprint density at radius 1 is 1.31 bits per heavy atom. The molecular formula is C9H19N3O. The van der Waals surface area contributed by atoms with Crippen molar-refractivity contribution >= 4 is 5.91 Å². The number of carbonyl (C=O) groups excluding carboxylic acids is 1. The number of rotatable bonds is 6. The van der Waals surface area contributed by atoms with Crippen LogP contribution in [0.5, 0.6) is 0 Å². The van der Waals surface area contributed by atoms with Gasteiger partial charge in [0.25, 0.3) is 0 Å². The highest BCUT2D eigenvalue weighted by Gasteiger charge is 2.09. The topological polar surface area (TPSA) is 58.4 Å². The summed E-state index contributed by atoms with van der Waals surface area (Å²) in [7, 11) is 0. The molecule has 3 N–H and O–H groups in total. The summed E-state index contributed by atoms with van der Waals surface area (Å²) in [4.78, 5) is 12.8. The Bertz CT molecular complexity index is 155. The van der Waals surface area contributed by atoms with Gasteiger partial charge in [-0.25, -0.2) is 0 Å². The van der Waals surface area contributed by atoms with E-state index in [-0.39, 0.29) is 5.91 Å². The predicted molar refractivity (Wildman–Crippen MR) is 52.4 cm³/mol. The second kappa shape index (κ2) is 5.94. The fourth-order valence-corrected chi connectivity index (χ4v) is 1.58. The first-order valence-electron chi connectivity index (χ1n) is 5.00. The van der Waals surface area contributed by atoms with Gasteiger partial charge in [-0.2, -0.15) is 0 Å². The molecule has 1 saturated heterocycles. The Hall–Kier alpha value is -0.610. The molecular weight excluding hydrogens is 166 g/mol. The van der Waals surface area contributed by atoms with E-state index in [0.29, 0.717) is 13.0 Å². The molecule has 1 aliphatic rings.